The van der Waals surface area contributed by atoms with E-state index in [0.29, 0.717) is 0 Å². The lowest BCUT2D eigenvalue weighted by atomic mass is 10.3. The van der Waals surface area contributed by atoms with Crippen LogP contribution in [0.5, 0.6) is 0 Å². The predicted octanol–water partition coefficient (Wildman–Crippen LogP) is 2.03. The summed E-state index contributed by atoms with van der Waals surface area (Å²) in [7, 11) is 1.46. The molecule has 0 aromatic carbocycles. The normalized spacial score (nSPS) is 19.4. The lowest BCUT2D eigenvalue weighted by Crippen LogP contribution is -2.17. The van der Waals surface area contributed by atoms with Crippen LogP contribution in [0.15, 0.2) is 23.8 Å². The summed E-state index contributed by atoms with van der Waals surface area (Å²) in [6, 6.07) is 0. The van der Waals surface area contributed by atoms with Crippen LogP contribution in [0.4, 0.5) is 0 Å². The Kier molecular flexibility index (Phi) is 3.68. The van der Waals surface area contributed by atoms with E-state index in [2.05, 4.69) is 4.90 Å². The van der Waals surface area contributed by atoms with E-state index in [1.807, 2.05) is 13.0 Å². The zero-order valence-corrected chi connectivity index (χ0v) is 8.29. The number of hydrogen-bond donors (Lipinski definition) is 1. The van der Waals surface area contributed by atoms with Crippen molar-refractivity contribution in [3.63, 3.8) is 0 Å². The number of rotatable bonds is 3. The summed E-state index contributed by atoms with van der Waals surface area (Å²) in [6.07, 6.45) is 6.11. The average Bonchev–Trinajstić information content (AvgIpc) is 2.66. The van der Waals surface area contributed by atoms with Gasteiger partial charge in [0.05, 0.1) is 7.11 Å². The minimum atomic E-state index is -0.0278. The summed E-state index contributed by atoms with van der Waals surface area (Å²) in [4.78, 5) is 2.25. The van der Waals surface area contributed by atoms with Crippen molar-refractivity contribution < 1.29 is 9.84 Å². The van der Waals surface area contributed by atoms with Crippen LogP contribution < -0.4 is 0 Å². The van der Waals surface area contributed by atoms with Gasteiger partial charge in [-0.25, -0.2) is 0 Å². The van der Waals surface area contributed by atoms with Gasteiger partial charge in [-0.2, -0.15) is 0 Å². The van der Waals surface area contributed by atoms with E-state index in [1.165, 1.54) is 20.0 Å². The Morgan fingerprint density at radius 1 is 1.38 bits per heavy atom. The third kappa shape index (κ3) is 2.68. The molecular weight excluding hydrogens is 166 g/mol. The first-order chi connectivity index (χ1) is 6.27. The van der Waals surface area contributed by atoms with Gasteiger partial charge in [-0.3, -0.25) is 0 Å². The second-order valence-electron chi connectivity index (χ2n) is 3.09. The molecule has 1 heterocycles. The van der Waals surface area contributed by atoms with Crippen molar-refractivity contribution >= 4 is 0 Å². The highest BCUT2D eigenvalue weighted by molar-refractivity contribution is 5.17. The van der Waals surface area contributed by atoms with Crippen molar-refractivity contribution in [2.24, 2.45) is 0 Å². The number of aliphatic hydroxyl groups is 1. The summed E-state index contributed by atoms with van der Waals surface area (Å²) in [5.74, 6) is -0.0278. The molecule has 0 amide bonds. The summed E-state index contributed by atoms with van der Waals surface area (Å²) in [5.41, 5.74) is 1.04. The van der Waals surface area contributed by atoms with Crippen LogP contribution in [0.25, 0.3) is 0 Å². The molecule has 3 heteroatoms. The number of allylic oxidation sites excluding steroid dienone is 2. The lowest BCUT2D eigenvalue weighted by Gasteiger charge is -2.18. The number of hydrogen-bond acceptors (Lipinski definition) is 3. The summed E-state index contributed by atoms with van der Waals surface area (Å²) in [6.45, 7) is 4.12. The fraction of sp³-hybridized carbons (Fsp3) is 0.600. The first-order valence-electron chi connectivity index (χ1n) is 4.64. The topological polar surface area (TPSA) is 32.7 Å². The molecule has 1 aliphatic heterocycles. The molecule has 0 bridgehead atoms. The monoisotopic (exact) mass is 183 g/mol. The van der Waals surface area contributed by atoms with Crippen LogP contribution in [0, 0.1) is 0 Å². The van der Waals surface area contributed by atoms with Crippen molar-refractivity contribution in [1.82, 2.24) is 4.90 Å². The maximum Gasteiger partial charge on any atom is 0.278 e. The molecule has 1 rings (SSSR count). The number of aliphatic hydroxyl groups excluding tert-OH is 1. The maximum atomic E-state index is 9.19. The van der Waals surface area contributed by atoms with Crippen molar-refractivity contribution in [2.75, 3.05) is 20.2 Å². The van der Waals surface area contributed by atoms with Crippen LogP contribution in [0.3, 0.4) is 0 Å². The second-order valence-corrected chi connectivity index (χ2v) is 3.09. The summed E-state index contributed by atoms with van der Waals surface area (Å²) >= 11 is 0. The van der Waals surface area contributed by atoms with E-state index in [9.17, 15) is 5.11 Å². The van der Waals surface area contributed by atoms with E-state index in [1.54, 1.807) is 6.08 Å². The zero-order valence-electron chi connectivity index (χ0n) is 8.29. The quantitative estimate of drug-likeness (QED) is 0.537. The van der Waals surface area contributed by atoms with Crippen molar-refractivity contribution in [1.29, 1.82) is 0 Å². The van der Waals surface area contributed by atoms with E-state index in [0.717, 1.165) is 18.8 Å². The lowest BCUT2D eigenvalue weighted by molar-refractivity contribution is 0.135. The van der Waals surface area contributed by atoms with Crippen LogP contribution >= 0.6 is 0 Å². The molecule has 0 aromatic rings. The smallest absolute Gasteiger partial charge is 0.278 e. The maximum absolute atomic E-state index is 9.19. The van der Waals surface area contributed by atoms with Gasteiger partial charge < -0.3 is 14.7 Å². The van der Waals surface area contributed by atoms with E-state index in [4.69, 9.17) is 4.74 Å². The Bertz CT molecular complexity index is 215. The molecule has 3 nitrogen and oxygen atoms in total. The molecule has 0 unspecified atom stereocenters. The van der Waals surface area contributed by atoms with Gasteiger partial charge in [-0.05, 0) is 19.8 Å². The minimum absolute atomic E-state index is 0.0278. The Morgan fingerprint density at radius 3 is 2.46 bits per heavy atom. The molecule has 13 heavy (non-hydrogen) atoms. The molecule has 1 N–H and O–H groups in total. The number of methoxy groups -OCH3 is 1. The van der Waals surface area contributed by atoms with Crippen LogP contribution in [-0.2, 0) is 4.74 Å². The Balaban J connectivity index is 2.62. The highest BCUT2D eigenvalue weighted by Gasteiger charge is 2.13. The molecule has 1 fully saturated rings. The molecular formula is C10H17NO2. The number of nitrogens with zero attached hydrogens (tertiary/aromatic N) is 1. The van der Waals surface area contributed by atoms with Crippen molar-refractivity contribution in [2.45, 2.75) is 19.8 Å². The van der Waals surface area contributed by atoms with Gasteiger partial charge >= 0.3 is 0 Å². The molecule has 0 spiro atoms. The van der Waals surface area contributed by atoms with Gasteiger partial charge in [0.2, 0.25) is 0 Å². The van der Waals surface area contributed by atoms with E-state index < -0.39 is 0 Å². The molecule has 0 atom stereocenters. The van der Waals surface area contributed by atoms with Crippen LogP contribution in [0.1, 0.15) is 19.8 Å². The molecule has 74 valence electrons. The fourth-order valence-corrected chi connectivity index (χ4v) is 1.52. The third-order valence-electron chi connectivity index (χ3n) is 2.25. The van der Waals surface area contributed by atoms with Gasteiger partial charge in [0.25, 0.3) is 5.95 Å². The van der Waals surface area contributed by atoms with E-state index in [-0.39, 0.29) is 5.95 Å². The SMILES string of the molecule is C/C=C(\C=C(/O)OC)N1CCCC1. The third-order valence-corrected chi connectivity index (χ3v) is 2.25. The molecule has 0 aliphatic carbocycles. The molecule has 1 saturated heterocycles. The number of likely N-dealkylation sites (tertiary alicyclic amines) is 1. The Hall–Kier alpha value is -1.12. The highest BCUT2D eigenvalue weighted by atomic mass is 16.6. The zero-order chi connectivity index (χ0) is 9.68. The predicted molar refractivity (Wildman–Crippen MR) is 52.3 cm³/mol. The first kappa shape index (κ1) is 9.96. The molecule has 0 saturated carbocycles. The molecule has 0 radical (unpaired) electrons. The van der Waals surface area contributed by atoms with Crippen LogP contribution in [-0.4, -0.2) is 30.2 Å². The molecule has 0 aromatic heterocycles. The standard InChI is InChI=1S/C10H17NO2/c1-3-9(8-10(12)13-2)11-6-4-5-7-11/h3,8,12H,4-7H2,1-2H3/b9-3+,10-8+. The van der Waals surface area contributed by atoms with Gasteiger partial charge in [-0.1, -0.05) is 6.08 Å². The first-order valence-corrected chi connectivity index (χ1v) is 4.64. The fourth-order valence-electron chi connectivity index (χ4n) is 1.52. The Labute approximate surface area is 79.3 Å². The van der Waals surface area contributed by atoms with E-state index >= 15 is 0 Å². The largest absolute Gasteiger partial charge is 0.481 e. The minimum Gasteiger partial charge on any atom is -0.481 e. The van der Waals surface area contributed by atoms with Gasteiger partial charge in [0.15, 0.2) is 0 Å². The van der Waals surface area contributed by atoms with Gasteiger partial charge in [0.1, 0.15) is 0 Å². The summed E-state index contributed by atoms with van der Waals surface area (Å²) in [5, 5.41) is 9.19. The van der Waals surface area contributed by atoms with Crippen LogP contribution in [0.2, 0.25) is 0 Å². The second kappa shape index (κ2) is 4.80. The van der Waals surface area contributed by atoms with Gasteiger partial charge in [-0.15, -0.1) is 0 Å². The van der Waals surface area contributed by atoms with Crippen molar-refractivity contribution in [3.05, 3.63) is 23.8 Å². The number of ether oxygens (including phenoxy) is 1. The highest BCUT2D eigenvalue weighted by Crippen LogP contribution is 2.16. The van der Waals surface area contributed by atoms with Gasteiger partial charge in [0, 0.05) is 24.9 Å². The Morgan fingerprint density at radius 2 is 2.00 bits per heavy atom. The molecule has 1 aliphatic rings. The average molecular weight is 183 g/mol. The summed E-state index contributed by atoms with van der Waals surface area (Å²) < 4.78 is 4.69. The van der Waals surface area contributed by atoms with Crippen molar-refractivity contribution in [3.8, 4) is 0 Å².